The SMILES string of the molecule is COc1ccc2c(c1)C(=C(c1ccccc1)c1ccccc1)C(c1ccccc1)C2=O. The molecule has 0 saturated carbocycles. The van der Waals surface area contributed by atoms with Gasteiger partial charge >= 0.3 is 0 Å². The van der Waals surface area contributed by atoms with Crippen molar-refractivity contribution in [2.45, 2.75) is 5.92 Å². The molecule has 150 valence electrons. The first kappa shape index (κ1) is 19.1. The predicted molar refractivity (Wildman–Crippen MR) is 125 cm³/mol. The van der Waals surface area contributed by atoms with Gasteiger partial charge in [0.2, 0.25) is 0 Å². The van der Waals surface area contributed by atoms with Gasteiger partial charge in [-0.05, 0) is 51.6 Å². The van der Waals surface area contributed by atoms with Crippen molar-refractivity contribution in [1.82, 2.24) is 0 Å². The van der Waals surface area contributed by atoms with Crippen LogP contribution in [0.25, 0.3) is 11.1 Å². The molecule has 0 saturated heterocycles. The fourth-order valence-corrected chi connectivity index (χ4v) is 4.46. The highest BCUT2D eigenvalue weighted by molar-refractivity contribution is 6.22. The van der Waals surface area contributed by atoms with Gasteiger partial charge in [0.1, 0.15) is 5.75 Å². The van der Waals surface area contributed by atoms with Crippen LogP contribution in [0.3, 0.4) is 0 Å². The molecular weight excluding hydrogens is 380 g/mol. The maximum Gasteiger partial charge on any atom is 0.175 e. The number of rotatable bonds is 4. The molecule has 4 aromatic rings. The van der Waals surface area contributed by atoms with E-state index in [-0.39, 0.29) is 11.7 Å². The van der Waals surface area contributed by atoms with Crippen molar-refractivity contribution < 1.29 is 9.53 Å². The minimum absolute atomic E-state index is 0.128. The summed E-state index contributed by atoms with van der Waals surface area (Å²) >= 11 is 0. The fraction of sp³-hybridized carbons (Fsp3) is 0.0690. The number of methoxy groups -OCH3 is 1. The van der Waals surface area contributed by atoms with E-state index in [1.54, 1.807) is 7.11 Å². The number of carbonyl (C=O) groups excluding carboxylic acids is 1. The summed E-state index contributed by atoms with van der Waals surface area (Å²) in [4.78, 5) is 13.7. The average Bonchev–Trinajstić information content (AvgIpc) is 3.12. The number of fused-ring (bicyclic) bond motifs is 1. The summed E-state index contributed by atoms with van der Waals surface area (Å²) < 4.78 is 5.52. The second-order valence-corrected chi connectivity index (χ2v) is 7.64. The Morgan fingerprint density at radius 1 is 0.677 bits per heavy atom. The van der Waals surface area contributed by atoms with Gasteiger partial charge in [-0.3, -0.25) is 4.79 Å². The average molecular weight is 402 g/mol. The standard InChI is InChI=1S/C29H22O2/c1-31-23-17-18-24-25(19-23)28(27(29(24)30)22-15-9-4-10-16-22)26(20-11-5-2-6-12-20)21-13-7-3-8-14-21/h2-19,27H,1H3. The Kier molecular flexibility index (Phi) is 4.97. The van der Waals surface area contributed by atoms with Crippen molar-refractivity contribution in [2.24, 2.45) is 0 Å². The number of ketones is 1. The van der Waals surface area contributed by atoms with E-state index in [4.69, 9.17) is 4.74 Å². The largest absolute Gasteiger partial charge is 0.497 e. The lowest BCUT2D eigenvalue weighted by molar-refractivity contribution is 0.0986. The van der Waals surface area contributed by atoms with Crippen molar-refractivity contribution in [2.75, 3.05) is 7.11 Å². The highest BCUT2D eigenvalue weighted by Gasteiger charge is 2.38. The summed E-state index contributed by atoms with van der Waals surface area (Å²) in [6.07, 6.45) is 0. The number of ether oxygens (including phenoxy) is 1. The molecule has 1 atom stereocenters. The molecule has 0 amide bonds. The van der Waals surface area contributed by atoms with Gasteiger partial charge in [-0.1, -0.05) is 91.0 Å². The predicted octanol–water partition coefficient (Wildman–Crippen LogP) is 6.63. The quantitative estimate of drug-likeness (QED) is 0.383. The third-order valence-electron chi connectivity index (χ3n) is 5.86. The van der Waals surface area contributed by atoms with E-state index in [9.17, 15) is 4.79 Å². The number of hydrogen-bond donors (Lipinski definition) is 0. The molecule has 2 heteroatoms. The zero-order valence-corrected chi connectivity index (χ0v) is 17.3. The second-order valence-electron chi connectivity index (χ2n) is 7.64. The first-order chi connectivity index (χ1) is 15.3. The van der Waals surface area contributed by atoms with Gasteiger partial charge in [0, 0.05) is 5.56 Å². The van der Waals surface area contributed by atoms with E-state index in [0.717, 1.165) is 44.7 Å². The molecule has 0 heterocycles. The van der Waals surface area contributed by atoms with Crippen LogP contribution in [0.5, 0.6) is 5.75 Å². The summed E-state index contributed by atoms with van der Waals surface area (Å²) in [7, 11) is 1.66. The van der Waals surface area contributed by atoms with Crippen LogP contribution >= 0.6 is 0 Å². The fourth-order valence-electron chi connectivity index (χ4n) is 4.46. The van der Waals surface area contributed by atoms with Crippen LogP contribution in [0.15, 0.2) is 109 Å². The van der Waals surface area contributed by atoms with Gasteiger partial charge in [0.15, 0.2) is 5.78 Å². The smallest absolute Gasteiger partial charge is 0.175 e. The minimum Gasteiger partial charge on any atom is -0.497 e. The molecule has 1 unspecified atom stereocenters. The van der Waals surface area contributed by atoms with E-state index in [1.165, 1.54) is 0 Å². The molecule has 0 N–H and O–H groups in total. The number of benzene rings is 4. The van der Waals surface area contributed by atoms with Gasteiger partial charge < -0.3 is 4.74 Å². The van der Waals surface area contributed by atoms with Gasteiger partial charge in [-0.25, -0.2) is 0 Å². The lowest BCUT2D eigenvalue weighted by atomic mass is 9.83. The lowest BCUT2D eigenvalue weighted by Crippen LogP contribution is -2.08. The molecular formula is C29H22O2. The number of allylic oxidation sites excluding steroid dienone is 1. The summed E-state index contributed by atoms with van der Waals surface area (Å²) in [5.74, 6) is 0.514. The molecule has 0 radical (unpaired) electrons. The third kappa shape index (κ3) is 3.36. The van der Waals surface area contributed by atoms with Crippen LogP contribution < -0.4 is 4.74 Å². The van der Waals surface area contributed by atoms with Crippen molar-refractivity contribution in [3.63, 3.8) is 0 Å². The van der Waals surface area contributed by atoms with Gasteiger partial charge in [0.05, 0.1) is 13.0 Å². The summed E-state index contributed by atoms with van der Waals surface area (Å²) in [6, 6.07) is 36.5. The number of carbonyl (C=O) groups is 1. The zero-order chi connectivity index (χ0) is 21.2. The van der Waals surface area contributed by atoms with Crippen LogP contribution in [0.4, 0.5) is 0 Å². The Labute approximate surface area is 182 Å². The van der Waals surface area contributed by atoms with Crippen molar-refractivity contribution in [3.05, 3.63) is 137 Å². The van der Waals surface area contributed by atoms with Gasteiger partial charge in [0.25, 0.3) is 0 Å². The number of Topliss-reactive ketones (excluding diaryl/α,β-unsaturated/α-hetero) is 1. The Hall–Kier alpha value is -3.91. The van der Waals surface area contributed by atoms with Crippen LogP contribution in [-0.4, -0.2) is 12.9 Å². The zero-order valence-electron chi connectivity index (χ0n) is 17.3. The lowest BCUT2D eigenvalue weighted by Gasteiger charge is -2.19. The maximum absolute atomic E-state index is 13.7. The van der Waals surface area contributed by atoms with E-state index in [1.807, 2.05) is 84.9 Å². The molecule has 4 aromatic carbocycles. The summed E-state index contributed by atoms with van der Waals surface area (Å²) in [5.41, 5.74) is 6.98. The molecule has 0 aromatic heterocycles. The highest BCUT2D eigenvalue weighted by atomic mass is 16.5. The molecule has 0 bridgehead atoms. The van der Waals surface area contributed by atoms with Gasteiger partial charge in [-0.2, -0.15) is 0 Å². The number of hydrogen-bond acceptors (Lipinski definition) is 2. The molecule has 1 aliphatic carbocycles. The van der Waals surface area contributed by atoms with Crippen molar-refractivity contribution >= 4 is 16.9 Å². The van der Waals surface area contributed by atoms with Crippen LogP contribution in [-0.2, 0) is 0 Å². The van der Waals surface area contributed by atoms with E-state index in [2.05, 4.69) is 24.3 Å². The molecule has 31 heavy (non-hydrogen) atoms. The van der Waals surface area contributed by atoms with E-state index >= 15 is 0 Å². The maximum atomic E-state index is 13.7. The Balaban J connectivity index is 1.89. The second kappa shape index (κ2) is 8.08. The monoisotopic (exact) mass is 402 g/mol. The van der Waals surface area contributed by atoms with Crippen molar-refractivity contribution in [3.8, 4) is 5.75 Å². The molecule has 2 nitrogen and oxygen atoms in total. The third-order valence-corrected chi connectivity index (χ3v) is 5.86. The van der Waals surface area contributed by atoms with Gasteiger partial charge in [-0.15, -0.1) is 0 Å². The Morgan fingerprint density at radius 2 is 1.23 bits per heavy atom. The molecule has 1 aliphatic rings. The topological polar surface area (TPSA) is 26.3 Å². The molecule has 0 fully saturated rings. The molecule has 0 spiro atoms. The summed E-state index contributed by atoms with van der Waals surface area (Å²) in [6.45, 7) is 0. The van der Waals surface area contributed by atoms with E-state index in [0.29, 0.717) is 0 Å². The van der Waals surface area contributed by atoms with Crippen molar-refractivity contribution in [1.29, 1.82) is 0 Å². The van der Waals surface area contributed by atoms with Crippen LogP contribution in [0, 0.1) is 0 Å². The summed E-state index contributed by atoms with van der Waals surface area (Å²) in [5, 5.41) is 0. The Morgan fingerprint density at radius 3 is 1.77 bits per heavy atom. The first-order valence-electron chi connectivity index (χ1n) is 10.4. The van der Waals surface area contributed by atoms with E-state index < -0.39 is 0 Å². The van der Waals surface area contributed by atoms with Crippen LogP contribution in [0.1, 0.15) is 38.5 Å². The minimum atomic E-state index is -0.362. The first-order valence-corrected chi connectivity index (χ1v) is 10.4. The van der Waals surface area contributed by atoms with Crippen LogP contribution in [0.2, 0.25) is 0 Å². The molecule has 0 aliphatic heterocycles. The molecule has 5 rings (SSSR count). The normalized spacial score (nSPS) is 14.9. The highest BCUT2D eigenvalue weighted by Crippen LogP contribution is 2.49. The Bertz CT molecular complexity index is 1210.